The van der Waals surface area contributed by atoms with E-state index in [0.29, 0.717) is 31.5 Å². The maximum Gasteiger partial charge on any atom is 0.264 e. The van der Waals surface area contributed by atoms with Crippen molar-refractivity contribution in [2.45, 2.75) is 63.8 Å². The van der Waals surface area contributed by atoms with E-state index >= 15 is 4.79 Å². The third kappa shape index (κ3) is 5.53. The Balaban J connectivity index is 1.07. The van der Waals surface area contributed by atoms with Gasteiger partial charge in [0, 0.05) is 54.2 Å². The quantitative estimate of drug-likeness (QED) is 0.145. The monoisotopic (exact) mass is 747 g/mol. The van der Waals surface area contributed by atoms with Gasteiger partial charge in [-0.25, -0.2) is 0 Å². The average Bonchev–Trinajstić information content (AvgIpc) is 3.94. The maximum absolute atomic E-state index is 15.3. The molecule has 4 atom stereocenters. The minimum atomic E-state index is -1.22. The van der Waals surface area contributed by atoms with E-state index in [1.807, 2.05) is 108 Å². The molecule has 10 heteroatoms. The molecule has 1 N–H and O–H groups in total. The van der Waals surface area contributed by atoms with Crippen molar-refractivity contribution in [1.29, 1.82) is 0 Å². The van der Waals surface area contributed by atoms with Crippen molar-refractivity contribution in [3.05, 3.63) is 143 Å². The summed E-state index contributed by atoms with van der Waals surface area (Å²) in [4.78, 5) is 32.8. The van der Waals surface area contributed by atoms with Crippen LogP contribution in [0.2, 0.25) is 0 Å². The lowest BCUT2D eigenvalue weighted by atomic mass is 9.63. The number of aryl methyl sites for hydroxylation is 1. The predicted octanol–water partition coefficient (Wildman–Crippen LogP) is 7.73. The summed E-state index contributed by atoms with van der Waals surface area (Å²) < 4.78 is 14.6. The molecule has 284 valence electrons. The normalized spacial score (nSPS) is 21.5. The number of carbonyl (C=O) groups excluding carboxylic acids is 2. The first-order chi connectivity index (χ1) is 27.1. The van der Waals surface area contributed by atoms with Gasteiger partial charge >= 0.3 is 0 Å². The number of aromatic nitrogens is 3. The van der Waals surface area contributed by atoms with Gasteiger partial charge < -0.3 is 19.5 Å². The molecule has 5 aromatic carbocycles. The van der Waals surface area contributed by atoms with Gasteiger partial charge in [-0.3, -0.25) is 19.2 Å². The topological polar surface area (TPSA) is 110 Å². The van der Waals surface area contributed by atoms with E-state index in [9.17, 15) is 9.90 Å². The second-order valence-corrected chi connectivity index (χ2v) is 15.8. The van der Waals surface area contributed by atoms with E-state index in [4.69, 9.17) is 9.47 Å². The highest BCUT2D eigenvalue weighted by Gasteiger charge is 2.65. The summed E-state index contributed by atoms with van der Waals surface area (Å²) in [5.74, 6) is 0.359. The zero-order chi connectivity index (χ0) is 38.8. The van der Waals surface area contributed by atoms with E-state index in [0.717, 1.165) is 56.0 Å². The molecule has 1 aromatic heterocycles. The lowest BCUT2D eigenvalue weighted by Gasteiger charge is -2.38. The standard InChI is InChI=1S/C46H45N5O5/c1-29-42(45(2,3)32-18-20-35(55-4)21-19-32)40(22-24-49-28-33(23-25-52)47-48-49)56-46(29)37-15-5-6-16-38(37)50(44(46)54)27-30-10-7-13-34(26-30)51-39-17-9-12-31-11-8-14-36(41(31)39)43(51)53/h5-21,26,28-29,40,42,52H,22-25,27H2,1-4H3/t29-,40+,42-,46+/m0/s1. The smallest absolute Gasteiger partial charge is 0.264 e. The van der Waals surface area contributed by atoms with Gasteiger partial charge in [-0.05, 0) is 70.8 Å². The van der Waals surface area contributed by atoms with Crippen molar-refractivity contribution < 1.29 is 24.2 Å². The zero-order valence-electron chi connectivity index (χ0n) is 32.1. The highest BCUT2D eigenvalue weighted by atomic mass is 16.5. The predicted molar refractivity (Wildman–Crippen MR) is 215 cm³/mol. The van der Waals surface area contributed by atoms with Crippen LogP contribution in [0.5, 0.6) is 5.75 Å². The van der Waals surface area contributed by atoms with Crippen LogP contribution >= 0.6 is 0 Å². The molecule has 2 amide bonds. The van der Waals surface area contributed by atoms with E-state index in [1.165, 1.54) is 0 Å². The SMILES string of the molecule is COc1ccc(C(C)(C)[C@@H]2[C@@H](CCn3cc(CCO)nn3)O[C@]3(C(=O)N(Cc4cccc(N5C(=O)c6cccc7cccc5c67)c4)c4ccccc43)[C@H]2C)cc1. The summed E-state index contributed by atoms with van der Waals surface area (Å²) in [6, 6.07) is 36.0. The molecule has 0 radical (unpaired) electrons. The Morgan fingerprint density at radius 3 is 2.45 bits per heavy atom. The minimum absolute atomic E-state index is 0.00602. The molecule has 1 spiro atoms. The molecule has 0 aliphatic carbocycles. The van der Waals surface area contributed by atoms with Gasteiger partial charge in [0.25, 0.3) is 11.8 Å². The summed E-state index contributed by atoms with van der Waals surface area (Å²) in [5, 5.41) is 20.0. The fourth-order valence-electron chi connectivity index (χ4n) is 9.78. The number of anilines is 3. The van der Waals surface area contributed by atoms with Gasteiger partial charge in [0.15, 0.2) is 5.60 Å². The summed E-state index contributed by atoms with van der Waals surface area (Å²) in [6.07, 6.45) is 2.61. The highest BCUT2D eigenvalue weighted by molar-refractivity contribution is 6.27. The number of amides is 2. The van der Waals surface area contributed by atoms with Crippen LogP contribution in [0.15, 0.2) is 115 Å². The van der Waals surface area contributed by atoms with E-state index in [2.05, 4.69) is 43.2 Å². The summed E-state index contributed by atoms with van der Waals surface area (Å²) in [6.45, 7) is 7.51. The van der Waals surface area contributed by atoms with Gasteiger partial charge in [-0.15, -0.1) is 5.10 Å². The fraction of sp³-hybridized carbons (Fsp3) is 0.304. The Morgan fingerprint density at radius 2 is 1.66 bits per heavy atom. The maximum atomic E-state index is 15.3. The first-order valence-corrected chi connectivity index (χ1v) is 19.3. The summed E-state index contributed by atoms with van der Waals surface area (Å²) >= 11 is 0. The van der Waals surface area contributed by atoms with Crippen LogP contribution in [0.25, 0.3) is 10.8 Å². The van der Waals surface area contributed by atoms with Crippen LogP contribution in [0.3, 0.4) is 0 Å². The highest BCUT2D eigenvalue weighted by Crippen LogP contribution is 2.60. The van der Waals surface area contributed by atoms with Crippen molar-refractivity contribution >= 4 is 39.6 Å². The first-order valence-electron chi connectivity index (χ1n) is 19.3. The van der Waals surface area contributed by atoms with Gasteiger partial charge in [0.2, 0.25) is 0 Å². The minimum Gasteiger partial charge on any atom is -0.497 e. The first kappa shape index (κ1) is 35.8. The number of benzene rings is 5. The third-order valence-electron chi connectivity index (χ3n) is 12.4. The van der Waals surface area contributed by atoms with Gasteiger partial charge in [0.1, 0.15) is 5.75 Å². The molecule has 0 saturated carbocycles. The third-order valence-corrected chi connectivity index (χ3v) is 12.4. The fourth-order valence-corrected chi connectivity index (χ4v) is 9.78. The lowest BCUT2D eigenvalue weighted by Crippen LogP contribution is -2.45. The number of carbonyl (C=O) groups is 2. The van der Waals surface area contributed by atoms with E-state index in [-0.39, 0.29) is 36.4 Å². The van der Waals surface area contributed by atoms with Gasteiger partial charge in [-0.2, -0.15) is 0 Å². The molecule has 1 saturated heterocycles. The molecule has 3 aliphatic rings. The Labute approximate surface area is 326 Å². The van der Waals surface area contributed by atoms with Crippen LogP contribution in [0.1, 0.15) is 59.9 Å². The molecular formula is C46H45N5O5. The van der Waals surface area contributed by atoms with Crippen molar-refractivity contribution in [1.82, 2.24) is 15.0 Å². The van der Waals surface area contributed by atoms with Crippen LogP contribution in [-0.2, 0) is 40.1 Å². The van der Waals surface area contributed by atoms with E-state index < -0.39 is 11.0 Å². The van der Waals surface area contributed by atoms with Crippen molar-refractivity contribution in [2.24, 2.45) is 11.8 Å². The van der Waals surface area contributed by atoms with Crippen LogP contribution in [0, 0.1) is 11.8 Å². The van der Waals surface area contributed by atoms with Crippen LogP contribution in [0.4, 0.5) is 17.1 Å². The van der Waals surface area contributed by atoms with Gasteiger partial charge in [0.05, 0.1) is 42.4 Å². The van der Waals surface area contributed by atoms with Crippen LogP contribution in [-0.4, -0.2) is 51.7 Å². The van der Waals surface area contributed by atoms with Crippen LogP contribution < -0.4 is 14.5 Å². The molecule has 56 heavy (non-hydrogen) atoms. The molecular weight excluding hydrogens is 703 g/mol. The Bertz CT molecular complexity index is 2470. The van der Waals surface area contributed by atoms with Gasteiger partial charge in [-0.1, -0.05) is 92.7 Å². The number of aliphatic hydroxyl groups excluding tert-OH is 1. The zero-order valence-corrected chi connectivity index (χ0v) is 32.1. The van der Waals surface area contributed by atoms with E-state index in [1.54, 1.807) is 16.7 Å². The number of methoxy groups -OCH3 is 1. The summed E-state index contributed by atoms with van der Waals surface area (Å²) in [5.41, 5.74) is 5.16. The molecule has 1 fully saturated rings. The molecule has 9 rings (SSSR count). The number of ether oxygens (including phenoxy) is 2. The number of rotatable bonds is 11. The molecule has 6 aromatic rings. The number of fused-ring (bicyclic) bond motifs is 2. The molecule has 0 bridgehead atoms. The number of hydrogen-bond donors (Lipinski definition) is 1. The number of hydrogen-bond acceptors (Lipinski definition) is 7. The lowest BCUT2D eigenvalue weighted by molar-refractivity contribution is -0.146. The molecule has 10 nitrogen and oxygen atoms in total. The second kappa shape index (κ2) is 13.7. The Kier molecular flexibility index (Phi) is 8.78. The second-order valence-electron chi connectivity index (χ2n) is 15.8. The Hall–Kier alpha value is -5.84. The van der Waals surface area contributed by atoms with Crippen molar-refractivity contribution in [2.75, 3.05) is 23.5 Å². The molecule has 0 unspecified atom stereocenters. The summed E-state index contributed by atoms with van der Waals surface area (Å²) in [7, 11) is 1.67. The van der Waals surface area contributed by atoms with Crippen molar-refractivity contribution in [3.63, 3.8) is 0 Å². The number of nitrogens with zero attached hydrogens (tertiary/aromatic N) is 5. The number of para-hydroxylation sites is 1. The largest absolute Gasteiger partial charge is 0.497 e. The molecule has 4 heterocycles. The number of aliphatic hydroxyl groups is 1. The van der Waals surface area contributed by atoms with Crippen molar-refractivity contribution in [3.8, 4) is 5.75 Å². The average molecular weight is 748 g/mol. The Morgan fingerprint density at radius 1 is 0.911 bits per heavy atom. The molecule has 3 aliphatic heterocycles.